The molecule has 8 heteroatoms. The van der Waals surface area contributed by atoms with Gasteiger partial charge >= 0.3 is 5.97 Å². The van der Waals surface area contributed by atoms with Gasteiger partial charge in [-0.1, -0.05) is 11.8 Å². The lowest BCUT2D eigenvalue weighted by Gasteiger charge is -2.05. The highest BCUT2D eigenvalue weighted by Gasteiger charge is 2.14. The van der Waals surface area contributed by atoms with Crippen molar-refractivity contribution in [2.45, 2.75) is 18.6 Å². The second kappa shape index (κ2) is 5.70. The second-order valence-corrected chi connectivity index (χ2v) is 4.62. The Morgan fingerprint density at radius 1 is 1.47 bits per heavy atom. The van der Waals surface area contributed by atoms with E-state index < -0.39 is 5.97 Å². The summed E-state index contributed by atoms with van der Waals surface area (Å²) >= 11 is 1.12. The summed E-state index contributed by atoms with van der Waals surface area (Å²) in [5, 5.41) is 17.2. The van der Waals surface area contributed by atoms with Crippen LogP contribution in [-0.4, -0.2) is 36.6 Å². The minimum absolute atomic E-state index is 0.0657. The van der Waals surface area contributed by atoms with Crippen LogP contribution in [0.3, 0.4) is 0 Å². The number of hydrogen-bond acceptors (Lipinski definition) is 5. The van der Waals surface area contributed by atoms with E-state index in [1.165, 1.54) is 6.07 Å². The van der Waals surface area contributed by atoms with Crippen molar-refractivity contribution in [2.75, 3.05) is 5.75 Å². The number of hydrogen-bond donors (Lipinski definition) is 2. The first-order valence-electron chi connectivity index (χ1n) is 5.58. The van der Waals surface area contributed by atoms with E-state index in [0.29, 0.717) is 17.5 Å². The number of pyridine rings is 1. The number of aromatic nitrogens is 4. The standard InChI is InChI=1S/C11H12N4O3S/c1-2-15-10(7-3-4-8(16)12-5-7)13-14-11(15)19-6-9(17)18/h3-5H,2,6H2,1H3,(H,12,16)(H,17,18). The van der Waals surface area contributed by atoms with Crippen LogP contribution < -0.4 is 5.56 Å². The van der Waals surface area contributed by atoms with Crippen LogP contribution in [-0.2, 0) is 11.3 Å². The topological polar surface area (TPSA) is 101 Å². The van der Waals surface area contributed by atoms with E-state index >= 15 is 0 Å². The van der Waals surface area contributed by atoms with Crippen molar-refractivity contribution in [3.05, 3.63) is 28.7 Å². The molecule has 0 aliphatic rings. The van der Waals surface area contributed by atoms with Crippen molar-refractivity contribution in [1.29, 1.82) is 0 Å². The van der Waals surface area contributed by atoms with Gasteiger partial charge in [0.1, 0.15) is 0 Å². The molecule has 0 amide bonds. The van der Waals surface area contributed by atoms with E-state index in [4.69, 9.17) is 5.11 Å². The van der Waals surface area contributed by atoms with E-state index in [0.717, 1.165) is 17.3 Å². The molecule has 2 rings (SSSR count). The van der Waals surface area contributed by atoms with Gasteiger partial charge in [-0.2, -0.15) is 0 Å². The summed E-state index contributed by atoms with van der Waals surface area (Å²) < 4.78 is 1.81. The fourth-order valence-electron chi connectivity index (χ4n) is 1.57. The molecule has 0 aliphatic carbocycles. The molecule has 0 aromatic carbocycles. The maximum Gasteiger partial charge on any atom is 0.313 e. The Labute approximate surface area is 112 Å². The fourth-order valence-corrected chi connectivity index (χ4v) is 2.29. The van der Waals surface area contributed by atoms with Crippen LogP contribution in [0.1, 0.15) is 6.92 Å². The summed E-state index contributed by atoms with van der Waals surface area (Å²) in [4.78, 5) is 24.2. The molecule has 0 bridgehead atoms. The van der Waals surface area contributed by atoms with Crippen molar-refractivity contribution in [3.63, 3.8) is 0 Å². The number of aliphatic carboxylic acids is 1. The molecular weight excluding hydrogens is 268 g/mol. The molecule has 2 N–H and O–H groups in total. The maximum absolute atomic E-state index is 11.0. The molecule has 19 heavy (non-hydrogen) atoms. The predicted molar refractivity (Wildman–Crippen MR) is 70.1 cm³/mol. The summed E-state index contributed by atoms with van der Waals surface area (Å²) in [6, 6.07) is 3.06. The van der Waals surface area contributed by atoms with Crippen molar-refractivity contribution in [3.8, 4) is 11.4 Å². The number of rotatable bonds is 5. The predicted octanol–water partition coefficient (Wildman–Crippen LogP) is 0.830. The number of carbonyl (C=O) groups is 1. The first kappa shape index (κ1) is 13.3. The largest absolute Gasteiger partial charge is 0.481 e. The Bertz CT molecular complexity index is 629. The third-order valence-corrected chi connectivity index (χ3v) is 3.35. The van der Waals surface area contributed by atoms with Crippen LogP contribution >= 0.6 is 11.8 Å². The van der Waals surface area contributed by atoms with Gasteiger partial charge in [-0.05, 0) is 13.0 Å². The van der Waals surface area contributed by atoms with Crippen LogP contribution in [0.5, 0.6) is 0 Å². The van der Waals surface area contributed by atoms with Crippen molar-refractivity contribution < 1.29 is 9.90 Å². The van der Waals surface area contributed by atoms with Gasteiger partial charge in [0.2, 0.25) is 5.56 Å². The van der Waals surface area contributed by atoms with Crippen molar-refractivity contribution in [2.24, 2.45) is 0 Å². The van der Waals surface area contributed by atoms with Gasteiger partial charge in [-0.25, -0.2) is 0 Å². The molecule has 0 fully saturated rings. The SMILES string of the molecule is CCn1c(SCC(=O)O)nnc1-c1ccc(=O)[nH]c1. The van der Waals surface area contributed by atoms with E-state index in [2.05, 4.69) is 15.2 Å². The fraction of sp³-hybridized carbons (Fsp3) is 0.273. The van der Waals surface area contributed by atoms with Crippen LogP contribution in [0.15, 0.2) is 28.3 Å². The van der Waals surface area contributed by atoms with E-state index in [1.807, 2.05) is 6.92 Å². The number of nitrogens with zero attached hydrogens (tertiary/aromatic N) is 3. The zero-order valence-electron chi connectivity index (χ0n) is 10.2. The number of nitrogens with one attached hydrogen (secondary N) is 1. The van der Waals surface area contributed by atoms with E-state index in [-0.39, 0.29) is 11.3 Å². The Morgan fingerprint density at radius 3 is 2.84 bits per heavy atom. The maximum atomic E-state index is 11.0. The monoisotopic (exact) mass is 280 g/mol. The van der Waals surface area contributed by atoms with Gasteiger partial charge in [0, 0.05) is 24.4 Å². The highest BCUT2D eigenvalue weighted by molar-refractivity contribution is 7.99. The summed E-state index contributed by atoms with van der Waals surface area (Å²) in [5.74, 6) is -0.364. The molecule has 0 aliphatic heterocycles. The minimum Gasteiger partial charge on any atom is -0.481 e. The third-order valence-electron chi connectivity index (χ3n) is 2.40. The lowest BCUT2D eigenvalue weighted by atomic mass is 10.3. The van der Waals surface area contributed by atoms with Gasteiger partial charge in [0.25, 0.3) is 0 Å². The molecule has 7 nitrogen and oxygen atoms in total. The minimum atomic E-state index is -0.902. The first-order chi connectivity index (χ1) is 9.11. The lowest BCUT2D eigenvalue weighted by Crippen LogP contribution is -2.05. The van der Waals surface area contributed by atoms with Crippen molar-refractivity contribution in [1.82, 2.24) is 19.7 Å². The lowest BCUT2D eigenvalue weighted by molar-refractivity contribution is -0.133. The molecule has 0 atom stereocenters. The first-order valence-corrected chi connectivity index (χ1v) is 6.57. The smallest absolute Gasteiger partial charge is 0.313 e. The van der Waals surface area contributed by atoms with Crippen LogP contribution in [0.25, 0.3) is 11.4 Å². The number of carboxylic acids is 1. The number of H-pyrrole nitrogens is 1. The molecule has 2 aromatic rings. The summed E-state index contributed by atoms with van der Waals surface area (Å²) in [7, 11) is 0. The third kappa shape index (κ3) is 3.02. The summed E-state index contributed by atoms with van der Waals surface area (Å²) in [6.07, 6.45) is 1.56. The second-order valence-electron chi connectivity index (χ2n) is 3.67. The van der Waals surface area contributed by atoms with Gasteiger partial charge < -0.3 is 14.7 Å². The molecule has 2 aromatic heterocycles. The molecular formula is C11H12N4O3S. The summed E-state index contributed by atoms with van der Waals surface area (Å²) in [5.41, 5.74) is 0.544. The van der Waals surface area contributed by atoms with Gasteiger partial charge in [0.15, 0.2) is 11.0 Å². The molecule has 0 spiro atoms. The number of thioether (sulfide) groups is 1. The van der Waals surface area contributed by atoms with Crippen molar-refractivity contribution >= 4 is 17.7 Å². The highest BCUT2D eigenvalue weighted by atomic mass is 32.2. The molecule has 0 saturated carbocycles. The Hall–Kier alpha value is -2.09. The average molecular weight is 280 g/mol. The van der Waals surface area contributed by atoms with Crippen LogP contribution in [0, 0.1) is 0 Å². The zero-order valence-corrected chi connectivity index (χ0v) is 11.0. The molecule has 0 saturated heterocycles. The molecule has 0 unspecified atom stereocenters. The number of aromatic amines is 1. The van der Waals surface area contributed by atoms with Gasteiger partial charge in [-0.3, -0.25) is 9.59 Å². The van der Waals surface area contributed by atoms with Crippen LogP contribution in [0.2, 0.25) is 0 Å². The number of carboxylic acid groups (broad SMARTS) is 1. The van der Waals surface area contributed by atoms with Crippen LogP contribution in [0.4, 0.5) is 0 Å². The zero-order chi connectivity index (χ0) is 13.8. The molecule has 2 heterocycles. The Kier molecular flexibility index (Phi) is 4.00. The quantitative estimate of drug-likeness (QED) is 0.787. The van der Waals surface area contributed by atoms with E-state index in [9.17, 15) is 9.59 Å². The normalized spacial score (nSPS) is 10.6. The Balaban J connectivity index is 2.33. The highest BCUT2D eigenvalue weighted by Crippen LogP contribution is 2.22. The summed E-state index contributed by atoms with van der Waals surface area (Å²) in [6.45, 7) is 2.53. The Morgan fingerprint density at radius 2 is 2.26 bits per heavy atom. The van der Waals surface area contributed by atoms with E-state index in [1.54, 1.807) is 16.8 Å². The molecule has 0 radical (unpaired) electrons. The molecule has 100 valence electrons. The van der Waals surface area contributed by atoms with Gasteiger partial charge in [-0.15, -0.1) is 10.2 Å². The van der Waals surface area contributed by atoms with Gasteiger partial charge in [0.05, 0.1) is 5.75 Å². The average Bonchev–Trinajstić information content (AvgIpc) is 2.80.